The Hall–Kier alpha value is -2.30. The Morgan fingerprint density at radius 1 is 1.47 bits per heavy atom. The number of aryl methyl sites for hydroxylation is 2. The van der Waals surface area contributed by atoms with Crippen LogP contribution in [0.5, 0.6) is 0 Å². The van der Waals surface area contributed by atoms with Crippen molar-refractivity contribution in [2.24, 2.45) is 7.05 Å². The molecule has 1 N–H and O–H groups in total. The summed E-state index contributed by atoms with van der Waals surface area (Å²) < 4.78 is 6.54. The maximum atomic E-state index is 11.7. The third-order valence-corrected chi connectivity index (χ3v) is 2.82. The fourth-order valence-electron chi connectivity index (χ4n) is 1.85. The molecule has 5 nitrogen and oxygen atoms in total. The minimum absolute atomic E-state index is 0.336. The Morgan fingerprint density at radius 2 is 2.26 bits per heavy atom. The van der Waals surface area contributed by atoms with E-state index in [2.05, 4.69) is 10.4 Å². The van der Waals surface area contributed by atoms with E-state index in [1.807, 2.05) is 38.4 Å². The predicted molar refractivity (Wildman–Crippen MR) is 73.1 cm³/mol. The van der Waals surface area contributed by atoms with E-state index in [0.29, 0.717) is 12.1 Å². The highest BCUT2D eigenvalue weighted by molar-refractivity contribution is 5.95. The van der Waals surface area contributed by atoms with Crippen molar-refractivity contribution in [2.45, 2.75) is 13.5 Å². The summed E-state index contributed by atoms with van der Waals surface area (Å²) in [6, 6.07) is 5.66. The van der Waals surface area contributed by atoms with Gasteiger partial charge in [0.2, 0.25) is 0 Å². The zero-order valence-electron chi connectivity index (χ0n) is 11.3. The van der Waals surface area contributed by atoms with Gasteiger partial charge in [-0.2, -0.15) is 5.10 Å². The maximum absolute atomic E-state index is 11.7. The summed E-state index contributed by atoms with van der Waals surface area (Å²) in [5, 5.41) is 7.33. The Balaban J connectivity index is 2.17. The monoisotopic (exact) mass is 259 g/mol. The van der Waals surface area contributed by atoms with E-state index < -0.39 is 0 Å². The minimum Gasteiger partial charge on any atom is -0.465 e. The molecule has 0 aliphatic carbocycles. The van der Waals surface area contributed by atoms with E-state index in [0.717, 1.165) is 16.8 Å². The molecule has 1 aromatic carbocycles. The molecular formula is C14H17N3O2. The Kier molecular flexibility index (Phi) is 3.85. The van der Waals surface area contributed by atoms with Crippen LogP contribution in [0.4, 0.5) is 5.69 Å². The number of hydrogen-bond donors (Lipinski definition) is 1. The number of esters is 1. The molecule has 0 atom stereocenters. The van der Waals surface area contributed by atoms with Gasteiger partial charge in [0.25, 0.3) is 0 Å². The fraction of sp³-hybridized carbons (Fsp3) is 0.286. The lowest BCUT2D eigenvalue weighted by atomic mass is 10.1. The van der Waals surface area contributed by atoms with Crippen molar-refractivity contribution in [2.75, 3.05) is 12.4 Å². The fourth-order valence-corrected chi connectivity index (χ4v) is 1.85. The number of hydrogen-bond acceptors (Lipinski definition) is 4. The van der Waals surface area contributed by atoms with Gasteiger partial charge in [0.05, 0.1) is 18.9 Å². The second-order valence-electron chi connectivity index (χ2n) is 4.42. The largest absolute Gasteiger partial charge is 0.465 e. The first-order chi connectivity index (χ1) is 9.10. The Labute approximate surface area is 112 Å². The van der Waals surface area contributed by atoms with Gasteiger partial charge in [0.15, 0.2) is 0 Å². The van der Waals surface area contributed by atoms with Crippen molar-refractivity contribution in [1.82, 2.24) is 9.78 Å². The second-order valence-corrected chi connectivity index (χ2v) is 4.42. The minimum atomic E-state index is -0.336. The van der Waals surface area contributed by atoms with Gasteiger partial charge in [0.1, 0.15) is 0 Å². The molecule has 0 amide bonds. The predicted octanol–water partition coefficient (Wildman–Crippen LogP) is 2.13. The lowest BCUT2D eigenvalue weighted by molar-refractivity contribution is 0.0601. The van der Waals surface area contributed by atoms with Crippen molar-refractivity contribution < 1.29 is 9.53 Å². The van der Waals surface area contributed by atoms with E-state index >= 15 is 0 Å². The molecule has 0 saturated carbocycles. The average molecular weight is 259 g/mol. The molecule has 0 aliphatic rings. The smallest absolute Gasteiger partial charge is 0.339 e. The normalized spacial score (nSPS) is 10.3. The molecule has 0 spiro atoms. The van der Waals surface area contributed by atoms with Crippen LogP contribution >= 0.6 is 0 Å². The number of carbonyl (C=O) groups is 1. The molecule has 2 rings (SSSR count). The van der Waals surface area contributed by atoms with E-state index in [1.165, 1.54) is 7.11 Å². The first kappa shape index (κ1) is 13.1. The van der Waals surface area contributed by atoms with Crippen LogP contribution in [0.3, 0.4) is 0 Å². The van der Waals surface area contributed by atoms with E-state index in [4.69, 9.17) is 4.74 Å². The highest BCUT2D eigenvalue weighted by Gasteiger charge is 2.11. The van der Waals surface area contributed by atoms with Gasteiger partial charge in [-0.25, -0.2) is 4.79 Å². The van der Waals surface area contributed by atoms with Gasteiger partial charge >= 0.3 is 5.97 Å². The molecule has 0 radical (unpaired) electrons. The Morgan fingerprint density at radius 3 is 2.89 bits per heavy atom. The number of ether oxygens (including phenoxy) is 1. The number of rotatable bonds is 4. The standard InChI is InChI=1S/C14H17N3O2/c1-10-4-5-13(12(6-10)14(18)19-3)15-7-11-8-16-17(2)9-11/h4-6,8-9,15H,7H2,1-3H3. The number of nitrogens with zero attached hydrogens (tertiary/aromatic N) is 2. The topological polar surface area (TPSA) is 56.1 Å². The summed E-state index contributed by atoms with van der Waals surface area (Å²) in [7, 11) is 3.25. The van der Waals surface area contributed by atoms with Gasteiger partial charge in [-0.15, -0.1) is 0 Å². The number of benzene rings is 1. The zero-order valence-corrected chi connectivity index (χ0v) is 11.3. The molecule has 0 unspecified atom stereocenters. The number of aromatic nitrogens is 2. The summed E-state index contributed by atoms with van der Waals surface area (Å²) >= 11 is 0. The molecular weight excluding hydrogens is 242 g/mol. The van der Waals surface area contributed by atoms with Crippen LogP contribution in [0.1, 0.15) is 21.5 Å². The Bertz CT molecular complexity index is 590. The summed E-state index contributed by atoms with van der Waals surface area (Å²) in [6.45, 7) is 2.55. The average Bonchev–Trinajstić information content (AvgIpc) is 2.82. The lowest BCUT2D eigenvalue weighted by Gasteiger charge is -2.10. The van der Waals surface area contributed by atoms with E-state index in [-0.39, 0.29) is 5.97 Å². The molecule has 0 bridgehead atoms. The van der Waals surface area contributed by atoms with Crippen molar-refractivity contribution in [1.29, 1.82) is 0 Å². The highest BCUT2D eigenvalue weighted by atomic mass is 16.5. The third-order valence-electron chi connectivity index (χ3n) is 2.82. The van der Waals surface area contributed by atoms with Crippen LogP contribution in [-0.4, -0.2) is 22.9 Å². The molecule has 5 heteroatoms. The summed E-state index contributed by atoms with van der Waals surface area (Å²) in [6.07, 6.45) is 3.72. The summed E-state index contributed by atoms with van der Waals surface area (Å²) in [5.74, 6) is -0.336. The van der Waals surface area contributed by atoms with E-state index in [9.17, 15) is 4.79 Å². The molecule has 2 aromatic rings. The van der Waals surface area contributed by atoms with Gasteiger partial charge < -0.3 is 10.1 Å². The van der Waals surface area contributed by atoms with Crippen LogP contribution in [-0.2, 0) is 18.3 Å². The zero-order chi connectivity index (χ0) is 13.8. The lowest BCUT2D eigenvalue weighted by Crippen LogP contribution is -2.08. The van der Waals surface area contributed by atoms with Crippen molar-refractivity contribution in [3.8, 4) is 0 Å². The SMILES string of the molecule is COC(=O)c1cc(C)ccc1NCc1cnn(C)c1. The third kappa shape index (κ3) is 3.13. The second kappa shape index (κ2) is 5.56. The highest BCUT2D eigenvalue weighted by Crippen LogP contribution is 2.19. The first-order valence-corrected chi connectivity index (χ1v) is 6.00. The molecule has 0 saturated heterocycles. The van der Waals surface area contributed by atoms with E-state index in [1.54, 1.807) is 10.9 Å². The van der Waals surface area contributed by atoms with Crippen LogP contribution in [0.15, 0.2) is 30.6 Å². The molecule has 1 aromatic heterocycles. The summed E-state index contributed by atoms with van der Waals surface area (Å²) in [5.41, 5.74) is 3.39. The van der Waals surface area contributed by atoms with Crippen molar-refractivity contribution >= 4 is 11.7 Å². The number of nitrogens with one attached hydrogen (secondary N) is 1. The molecule has 100 valence electrons. The first-order valence-electron chi connectivity index (χ1n) is 6.00. The summed E-state index contributed by atoms with van der Waals surface area (Å²) in [4.78, 5) is 11.7. The molecule has 0 fully saturated rings. The molecule has 19 heavy (non-hydrogen) atoms. The van der Waals surface area contributed by atoms with Gasteiger partial charge in [0, 0.05) is 31.0 Å². The van der Waals surface area contributed by atoms with Crippen molar-refractivity contribution in [3.05, 3.63) is 47.3 Å². The number of anilines is 1. The quantitative estimate of drug-likeness (QED) is 0.855. The van der Waals surface area contributed by atoms with Gasteiger partial charge in [-0.05, 0) is 19.1 Å². The maximum Gasteiger partial charge on any atom is 0.339 e. The van der Waals surface area contributed by atoms with Crippen LogP contribution in [0.2, 0.25) is 0 Å². The molecule has 1 heterocycles. The van der Waals surface area contributed by atoms with Gasteiger partial charge in [-0.1, -0.05) is 11.6 Å². The number of methoxy groups -OCH3 is 1. The van der Waals surface area contributed by atoms with Gasteiger partial charge in [-0.3, -0.25) is 4.68 Å². The van der Waals surface area contributed by atoms with Crippen LogP contribution < -0.4 is 5.32 Å². The number of carbonyl (C=O) groups excluding carboxylic acids is 1. The van der Waals surface area contributed by atoms with Crippen LogP contribution in [0, 0.1) is 6.92 Å². The van der Waals surface area contributed by atoms with Crippen LogP contribution in [0.25, 0.3) is 0 Å². The van der Waals surface area contributed by atoms with Crippen molar-refractivity contribution in [3.63, 3.8) is 0 Å². The molecule has 0 aliphatic heterocycles.